The first-order valence-electron chi connectivity index (χ1n) is 32.9. The van der Waals surface area contributed by atoms with Gasteiger partial charge in [0.1, 0.15) is 18.3 Å². The molecule has 4 aliphatic rings. The van der Waals surface area contributed by atoms with E-state index in [-0.39, 0.29) is 119 Å². The van der Waals surface area contributed by atoms with Crippen molar-refractivity contribution in [2.24, 2.45) is 29.4 Å². The molecule has 0 aromatic heterocycles. The van der Waals surface area contributed by atoms with Crippen LogP contribution in [0, 0.1) is 23.7 Å². The van der Waals surface area contributed by atoms with E-state index in [0.717, 1.165) is 4.90 Å². The number of likely N-dealkylation sites (N-methyl/N-ethyl adjacent to an activating group) is 1. The number of rotatable bonds is 32. The highest BCUT2D eigenvalue weighted by molar-refractivity contribution is 6.12. The van der Waals surface area contributed by atoms with Gasteiger partial charge in [0, 0.05) is 121 Å². The van der Waals surface area contributed by atoms with Crippen molar-refractivity contribution in [3.8, 4) is 0 Å². The summed E-state index contributed by atoms with van der Waals surface area (Å²) in [6.07, 6.45) is 8.29. The number of cyclic esters (lactones) is 1. The number of nitrogens with two attached hydrogens (primary N) is 1. The molecule has 8 amide bonds. The Labute approximate surface area is 552 Å². The van der Waals surface area contributed by atoms with Crippen LogP contribution in [0.15, 0.2) is 72.4 Å². The van der Waals surface area contributed by atoms with Gasteiger partial charge in [-0.3, -0.25) is 43.4 Å². The number of urea groups is 1. The number of hydrogen-bond acceptors (Lipinski definition) is 19. The monoisotopic (exact) mass is 1320 g/mol. The van der Waals surface area contributed by atoms with E-state index in [4.69, 9.17) is 29.4 Å². The fourth-order valence-electron chi connectivity index (χ4n) is 11.6. The quantitative estimate of drug-likeness (QED) is 0.00858. The second kappa shape index (κ2) is 37.0. The number of amides is 8. The van der Waals surface area contributed by atoms with Crippen molar-refractivity contribution in [3.05, 3.63) is 77.9 Å². The Morgan fingerprint density at radius 2 is 1.63 bits per heavy atom. The largest absolute Gasteiger partial charge is 0.457 e. The molecule has 2 fully saturated rings. The predicted molar refractivity (Wildman–Crippen MR) is 348 cm³/mol. The molecule has 0 saturated carbocycles. The van der Waals surface area contributed by atoms with Crippen LogP contribution in [0.3, 0.4) is 0 Å². The van der Waals surface area contributed by atoms with Crippen LogP contribution in [0.4, 0.5) is 20.1 Å². The smallest absolute Gasteiger partial charge is 0.410 e. The molecule has 5 rings (SSSR count). The van der Waals surface area contributed by atoms with E-state index in [1.807, 2.05) is 20.8 Å². The fraction of sp³-hybridized carbons (Fsp3) is 0.647. The van der Waals surface area contributed by atoms with Crippen LogP contribution in [0.2, 0.25) is 0 Å². The SMILES string of the molecule is CC[C@H](O)[C@@H](C)[C@H]1O[C@@H]1C[C@@](C)(O)/C=C/C=C(\C)[C@H]1OC(=O)C[C@H](O)CC[C@@](C)(OC(C)=O)[C@@H](OC(=O)N2CCN(CCN(C)C(=O)OCc3ccc(NC(=O)[C@H](CCCNC(N)=O)CC(=O)[C@@H](NC(=O)CCCCCN4C(=O)C=CC4=O)C(C)C)cc3)CC2)/C=C/[C@@H]1C. The molecule has 0 spiro atoms. The molecule has 12 atom stereocenters. The number of carbonyl (C=O) groups is 10. The first kappa shape index (κ1) is 77.2. The zero-order chi connectivity index (χ0) is 69.5. The van der Waals surface area contributed by atoms with Gasteiger partial charge in [0.25, 0.3) is 11.8 Å². The van der Waals surface area contributed by atoms with E-state index in [2.05, 4.69) is 20.9 Å². The Balaban J connectivity index is 1.10. The summed E-state index contributed by atoms with van der Waals surface area (Å²) in [5.41, 5.74) is 4.22. The zero-order valence-electron chi connectivity index (χ0n) is 56.4. The summed E-state index contributed by atoms with van der Waals surface area (Å²) in [4.78, 5) is 135. The number of anilines is 1. The minimum Gasteiger partial charge on any atom is -0.457 e. The number of aliphatic hydroxyl groups excluding tert-OH is 2. The number of ketones is 1. The van der Waals surface area contributed by atoms with E-state index >= 15 is 0 Å². The summed E-state index contributed by atoms with van der Waals surface area (Å²) < 4.78 is 29.4. The number of unbranched alkanes of at least 4 members (excludes halogenated alkanes) is 2. The molecular formula is C68H102N8O18. The maximum atomic E-state index is 14.0. The number of aliphatic hydroxyl groups is 3. The summed E-state index contributed by atoms with van der Waals surface area (Å²) >= 11 is 0. The topological polar surface area (TPSA) is 356 Å². The van der Waals surface area contributed by atoms with E-state index in [1.165, 1.54) is 24.0 Å². The number of nitrogens with zero attached hydrogens (tertiary/aromatic N) is 4. The van der Waals surface area contributed by atoms with Crippen molar-refractivity contribution in [2.75, 3.05) is 64.7 Å². The molecule has 94 heavy (non-hydrogen) atoms. The number of epoxide rings is 1. The molecule has 0 unspecified atom stereocenters. The lowest BCUT2D eigenvalue weighted by Gasteiger charge is -2.39. The minimum atomic E-state index is -1.45. The number of hydrogen-bond donors (Lipinski definition) is 7. The number of nitrogens with one attached hydrogen (secondary N) is 3. The van der Waals surface area contributed by atoms with Gasteiger partial charge < -0.3 is 70.5 Å². The Hall–Kier alpha value is -7.52. The maximum absolute atomic E-state index is 14.0. The number of Topliss-reactive ketones (excluding diaryl/α,β-unsaturated/α-hetero) is 1. The highest BCUT2D eigenvalue weighted by atomic mass is 16.6. The van der Waals surface area contributed by atoms with Crippen molar-refractivity contribution >= 4 is 65.3 Å². The lowest BCUT2D eigenvalue weighted by molar-refractivity contribution is -0.168. The Bertz CT molecular complexity index is 2870. The standard InChI is InChI=1S/C68H102N8O18/c1-11-52(79)46(6)62-54(91-62)41-67(8,89)29-15-17-44(4)61-45(5)20-25-55(68(9,94-47(7)77)30-28-51(78)40-59(84)93-61)92-66(88)75-37-35-74(36-38-75)34-33-73(10)65(87)90-42-48-21-23-50(24-22-48)71-63(85)49(18-16-31-70-64(69)86)39-53(80)60(43(2)3)72-56(81)19-13-12-14-32-76-57(82)26-27-58(76)83/h15,17,20-27,29,43,45-46,49,51-52,54-55,60-62,78-79,89H,11-14,16,18-19,28,30-42H2,1-10H3,(H,71,85)(H,72,81)(H3,69,70,86)/b25-20+,29-15+,44-17+/t45-,46+,49+,51+,52-,54+,55-,60-,61+,62+,67-,68+/m0/s1. The summed E-state index contributed by atoms with van der Waals surface area (Å²) in [6, 6.07) is 5.05. The second-order valence-electron chi connectivity index (χ2n) is 26.1. The van der Waals surface area contributed by atoms with Gasteiger partial charge in [-0.2, -0.15) is 0 Å². The maximum Gasteiger partial charge on any atom is 0.410 e. The van der Waals surface area contributed by atoms with Crippen LogP contribution in [-0.2, 0) is 63.9 Å². The molecule has 26 nitrogen and oxygen atoms in total. The predicted octanol–water partition coefficient (Wildman–Crippen LogP) is 5.76. The van der Waals surface area contributed by atoms with Crippen LogP contribution in [0.5, 0.6) is 0 Å². The van der Waals surface area contributed by atoms with E-state index in [1.54, 1.807) is 101 Å². The first-order valence-corrected chi connectivity index (χ1v) is 32.9. The van der Waals surface area contributed by atoms with E-state index in [9.17, 15) is 63.3 Å². The molecule has 26 heteroatoms. The Morgan fingerprint density at radius 3 is 2.27 bits per heavy atom. The molecule has 8 N–H and O–H groups in total. The molecule has 4 heterocycles. The lowest BCUT2D eigenvalue weighted by atomic mass is 9.88. The number of piperazine rings is 1. The van der Waals surface area contributed by atoms with E-state index in [0.29, 0.717) is 81.5 Å². The molecule has 0 radical (unpaired) electrons. The number of esters is 2. The molecule has 0 aliphatic carbocycles. The molecule has 1 aromatic carbocycles. The molecule has 1 aromatic rings. The van der Waals surface area contributed by atoms with Crippen LogP contribution >= 0.6 is 0 Å². The normalized spacial score (nSPS) is 24.4. The van der Waals surface area contributed by atoms with Gasteiger partial charge in [-0.25, -0.2) is 14.4 Å². The molecule has 0 bridgehead atoms. The molecule has 4 aliphatic heterocycles. The number of benzene rings is 1. The van der Waals surface area contributed by atoms with Crippen LogP contribution in [0.1, 0.15) is 145 Å². The number of allylic oxidation sites excluding steroid dienone is 2. The highest BCUT2D eigenvalue weighted by Crippen LogP contribution is 2.38. The van der Waals surface area contributed by atoms with Crippen molar-refractivity contribution in [1.82, 2.24) is 30.2 Å². The molecule has 522 valence electrons. The number of imide groups is 1. The summed E-state index contributed by atoms with van der Waals surface area (Å²) in [7, 11) is 1.61. The third kappa shape index (κ3) is 25.3. The number of carbonyl (C=O) groups excluding carboxylic acids is 10. The van der Waals surface area contributed by atoms with Gasteiger partial charge in [-0.1, -0.05) is 77.5 Å². The van der Waals surface area contributed by atoms with Gasteiger partial charge in [0.05, 0.1) is 42.5 Å². The van der Waals surface area contributed by atoms with E-state index < -0.39 is 89.6 Å². The van der Waals surface area contributed by atoms with Crippen molar-refractivity contribution < 1.29 is 86.9 Å². The van der Waals surface area contributed by atoms with Crippen molar-refractivity contribution in [3.63, 3.8) is 0 Å². The van der Waals surface area contributed by atoms with Gasteiger partial charge in [-0.15, -0.1) is 0 Å². The Kier molecular flexibility index (Phi) is 30.3. The van der Waals surface area contributed by atoms with Gasteiger partial charge in [-0.05, 0) is 101 Å². The first-order chi connectivity index (χ1) is 44.4. The van der Waals surface area contributed by atoms with Crippen LogP contribution < -0.4 is 21.7 Å². The van der Waals surface area contributed by atoms with Gasteiger partial charge in [0.15, 0.2) is 11.9 Å². The molecular weight excluding hydrogens is 1220 g/mol. The molecule has 2 saturated heterocycles. The average Bonchev–Trinajstić information content (AvgIpc) is 1.55. The number of primary amides is 1. The van der Waals surface area contributed by atoms with Crippen LogP contribution in [0.25, 0.3) is 0 Å². The Morgan fingerprint density at radius 1 is 0.947 bits per heavy atom. The lowest BCUT2D eigenvalue weighted by Crippen LogP contribution is -2.53. The van der Waals surface area contributed by atoms with Crippen LogP contribution in [-0.4, -0.2) is 208 Å². The second-order valence-corrected chi connectivity index (χ2v) is 26.1. The number of ether oxygens (including phenoxy) is 5. The summed E-state index contributed by atoms with van der Waals surface area (Å²) in [5, 5.41) is 40.7. The average molecular weight is 1320 g/mol. The van der Waals surface area contributed by atoms with Gasteiger partial charge in [0.2, 0.25) is 11.8 Å². The third-order valence-electron chi connectivity index (χ3n) is 17.6. The van der Waals surface area contributed by atoms with Gasteiger partial charge >= 0.3 is 30.2 Å². The minimum absolute atomic E-state index is 0.00759. The summed E-state index contributed by atoms with van der Waals surface area (Å²) in [6.45, 7) is 18.1. The third-order valence-corrected chi connectivity index (χ3v) is 17.6. The van der Waals surface area contributed by atoms with Crippen molar-refractivity contribution in [2.45, 2.75) is 200 Å². The highest BCUT2D eigenvalue weighted by Gasteiger charge is 2.47. The zero-order valence-corrected chi connectivity index (χ0v) is 56.4. The fourth-order valence-corrected chi connectivity index (χ4v) is 11.6. The van der Waals surface area contributed by atoms with Crippen molar-refractivity contribution in [1.29, 1.82) is 0 Å². The summed E-state index contributed by atoms with van der Waals surface area (Å²) in [5.74, 6) is -4.84.